The Labute approximate surface area is 359 Å². The SMILES string of the molecule is c1ccc(-c2ccc(N(c3ccc(-c4cccc5c4oc4c(-c6nc(-c7ccccc7)nc(-c7ccccc7)n6)cccc45)cc3)c3ccccc3-c3ccccc3)cc2)cc1. The largest absolute Gasteiger partial charge is 0.455 e. The molecule has 0 bridgehead atoms. The Bertz CT molecular complexity index is 3260. The number of rotatable bonds is 9. The van der Waals surface area contributed by atoms with Crippen molar-refractivity contribution in [2.75, 3.05) is 4.90 Å². The molecule has 2 heterocycles. The molecule has 11 aromatic rings. The van der Waals surface area contributed by atoms with Crippen molar-refractivity contribution in [3.63, 3.8) is 0 Å². The highest BCUT2D eigenvalue weighted by molar-refractivity contribution is 6.12. The van der Waals surface area contributed by atoms with Crippen molar-refractivity contribution < 1.29 is 4.42 Å². The van der Waals surface area contributed by atoms with Gasteiger partial charge in [0.2, 0.25) is 0 Å². The summed E-state index contributed by atoms with van der Waals surface area (Å²) in [7, 11) is 0. The lowest BCUT2D eigenvalue weighted by Gasteiger charge is -2.28. The van der Waals surface area contributed by atoms with Crippen LogP contribution in [0.4, 0.5) is 17.1 Å². The monoisotopic (exact) mass is 794 g/mol. The van der Waals surface area contributed by atoms with Gasteiger partial charge >= 0.3 is 0 Å². The third kappa shape index (κ3) is 6.87. The summed E-state index contributed by atoms with van der Waals surface area (Å²) in [6.07, 6.45) is 0. The zero-order valence-corrected chi connectivity index (χ0v) is 33.6. The fraction of sp³-hybridized carbons (Fsp3) is 0. The molecule has 0 amide bonds. The van der Waals surface area contributed by atoms with Gasteiger partial charge in [0.25, 0.3) is 0 Å². The average Bonchev–Trinajstić information content (AvgIpc) is 3.75. The molecule has 0 radical (unpaired) electrons. The highest BCUT2D eigenvalue weighted by Gasteiger charge is 2.21. The molecular weight excluding hydrogens is 757 g/mol. The zero-order chi connectivity index (χ0) is 41.2. The van der Waals surface area contributed by atoms with Gasteiger partial charge in [-0.05, 0) is 58.7 Å². The van der Waals surface area contributed by atoms with Gasteiger partial charge in [-0.25, -0.2) is 15.0 Å². The van der Waals surface area contributed by atoms with Crippen molar-refractivity contribution in [1.82, 2.24) is 15.0 Å². The Hall–Kier alpha value is -8.41. The molecule has 0 spiro atoms. The number of furan rings is 1. The standard InChI is InChI=1S/C57H38N4O/c1-5-17-39(18-6-1)40-31-35-45(36-32-40)61(52-30-14-13-25-47(52)41-19-7-2-8-20-41)46-37-33-42(34-38-46)48-26-15-27-49-50-28-16-29-51(54(50)62-53(48)49)57-59-55(43-21-9-3-10-22-43)58-56(60-57)44-23-11-4-12-24-44/h1-38H. The molecule has 5 nitrogen and oxygen atoms in total. The van der Waals surface area contributed by atoms with Gasteiger partial charge in [0.15, 0.2) is 17.5 Å². The molecule has 0 saturated heterocycles. The molecule has 0 saturated carbocycles. The summed E-state index contributed by atoms with van der Waals surface area (Å²) < 4.78 is 6.93. The maximum Gasteiger partial charge on any atom is 0.167 e. The molecule has 292 valence electrons. The molecule has 5 heteroatoms. The third-order valence-corrected chi connectivity index (χ3v) is 11.4. The molecule has 0 unspecified atom stereocenters. The summed E-state index contributed by atoms with van der Waals surface area (Å²) in [4.78, 5) is 17.3. The number of nitrogens with zero attached hydrogens (tertiary/aromatic N) is 4. The number of fused-ring (bicyclic) bond motifs is 3. The van der Waals surface area contributed by atoms with Crippen molar-refractivity contribution in [1.29, 1.82) is 0 Å². The van der Waals surface area contributed by atoms with E-state index in [4.69, 9.17) is 19.4 Å². The first-order valence-corrected chi connectivity index (χ1v) is 20.8. The minimum absolute atomic E-state index is 0.556. The van der Waals surface area contributed by atoms with Crippen LogP contribution in [0, 0.1) is 0 Å². The first kappa shape index (κ1) is 36.7. The van der Waals surface area contributed by atoms with Crippen molar-refractivity contribution in [2.45, 2.75) is 0 Å². The van der Waals surface area contributed by atoms with Gasteiger partial charge in [0.1, 0.15) is 11.2 Å². The van der Waals surface area contributed by atoms with Crippen molar-refractivity contribution in [3.8, 4) is 67.5 Å². The number of para-hydroxylation sites is 3. The highest BCUT2D eigenvalue weighted by atomic mass is 16.3. The van der Waals surface area contributed by atoms with E-state index in [2.05, 4.69) is 169 Å². The fourth-order valence-corrected chi connectivity index (χ4v) is 8.33. The van der Waals surface area contributed by atoms with Crippen LogP contribution in [-0.4, -0.2) is 15.0 Å². The minimum atomic E-state index is 0.556. The van der Waals surface area contributed by atoms with E-state index >= 15 is 0 Å². The number of hydrogen-bond acceptors (Lipinski definition) is 5. The van der Waals surface area contributed by atoms with Crippen LogP contribution in [0.2, 0.25) is 0 Å². The maximum absolute atomic E-state index is 6.93. The van der Waals surface area contributed by atoms with E-state index in [-0.39, 0.29) is 0 Å². The van der Waals surface area contributed by atoms with Gasteiger partial charge < -0.3 is 9.32 Å². The molecule has 62 heavy (non-hydrogen) atoms. The van der Waals surface area contributed by atoms with Crippen molar-refractivity contribution in [3.05, 3.63) is 231 Å². The summed E-state index contributed by atoms with van der Waals surface area (Å²) in [6.45, 7) is 0. The van der Waals surface area contributed by atoms with Gasteiger partial charge in [0.05, 0.1) is 11.3 Å². The molecule has 11 rings (SSSR count). The van der Waals surface area contributed by atoms with Gasteiger partial charge in [-0.1, -0.05) is 194 Å². The topological polar surface area (TPSA) is 55.1 Å². The van der Waals surface area contributed by atoms with Crippen molar-refractivity contribution in [2.24, 2.45) is 0 Å². The highest BCUT2D eigenvalue weighted by Crippen LogP contribution is 2.44. The van der Waals surface area contributed by atoms with E-state index in [1.807, 2.05) is 66.7 Å². The summed E-state index contributed by atoms with van der Waals surface area (Å²) in [6, 6.07) is 80.0. The predicted molar refractivity (Wildman–Crippen MR) is 254 cm³/mol. The van der Waals surface area contributed by atoms with Crippen molar-refractivity contribution >= 4 is 39.0 Å². The van der Waals surface area contributed by atoms with Gasteiger partial charge in [-0.2, -0.15) is 0 Å². The second kappa shape index (κ2) is 16.0. The Morgan fingerprint density at radius 1 is 0.274 bits per heavy atom. The lowest BCUT2D eigenvalue weighted by Crippen LogP contribution is -2.11. The van der Waals surface area contributed by atoms with Crippen LogP contribution in [0.5, 0.6) is 0 Å². The van der Waals surface area contributed by atoms with E-state index < -0.39 is 0 Å². The Balaban J connectivity index is 1.01. The van der Waals surface area contributed by atoms with Crippen LogP contribution in [-0.2, 0) is 0 Å². The van der Waals surface area contributed by atoms with Crippen LogP contribution < -0.4 is 4.90 Å². The zero-order valence-electron chi connectivity index (χ0n) is 33.6. The van der Waals surface area contributed by atoms with E-state index in [1.54, 1.807) is 0 Å². The van der Waals surface area contributed by atoms with Crippen LogP contribution in [0.15, 0.2) is 235 Å². The van der Waals surface area contributed by atoms with Crippen LogP contribution in [0.25, 0.3) is 89.5 Å². The van der Waals surface area contributed by atoms with E-state index in [0.29, 0.717) is 17.5 Å². The normalized spacial score (nSPS) is 11.2. The molecule has 0 aliphatic rings. The second-order valence-electron chi connectivity index (χ2n) is 15.2. The van der Waals surface area contributed by atoms with E-state index in [0.717, 1.165) is 77.9 Å². The predicted octanol–water partition coefficient (Wildman–Crippen LogP) is 15.2. The van der Waals surface area contributed by atoms with E-state index in [9.17, 15) is 0 Å². The molecule has 0 aliphatic heterocycles. The Morgan fingerprint density at radius 2 is 0.661 bits per heavy atom. The molecule has 0 fully saturated rings. The third-order valence-electron chi connectivity index (χ3n) is 11.4. The molecule has 9 aromatic carbocycles. The first-order chi connectivity index (χ1) is 30.7. The fourth-order valence-electron chi connectivity index (χ4n) is 8.33. The number of anilines is 3. The lowest BCUT2D eigenvalue weighted by molar-refractivity contribution is 0.670. The average molecular weight is 795 g/mol. The molecular formula is C57H38N4O. The first-order valence-electron chi connectivity index (χ1n) is 20.8. The summed E-state index contributed by atoms with van der Waals surface area (Å²) in [5.41, 5.74) is 14.1. The lowest BCUT2D eigenvalue weighted by atomic mass is 9.99. The number of benzene rings is 9. The van der Waals surface area contributed by atoms with E-state index in [1.165, 1.54) is 11.1 Å². The molecule has 0 N–H and O–H groups in total. The smallest absolute Gasteiger partial charge is 0.167 e. The number of hydrogen-bond donors (Lipinski definition) is 0. The Kier molecular flexibility index (Phi) is 9.45. The quantitative estimate of drug-likeness (QED) is 0.146. The Morgan fingerprint density at radius 3 is 1.23 bits per heavy atom. The summed E-state index contributed by atoms with van der Waals surface area (Å²) in [5.74, 6) is 1.77. The van der Waals surface area contributed by atoms with Crippen LogP contribution in [0.3, 0.4) is 0 Å². The maximum atomic E-state index is 6.93. The molecule has 2 aromatic heterocycles. The van der Waals surface area contributed by atoms with Crippen LogP contribution >= 0.6 is 0 Å². The van der Waals surface area contributed by atoms with Gasteiger partial charge in [-0.15, -0.1) is 0 Å². The molecule has 0 atom stereocenters. The molecule has 0 aliphatic carbocycles. The van der Waals surface area contributed by atoms with Gasteiger partial charge in [-0.3, -0.25) is 0 Å². The van der Waals surface area contributed by atoms with Crippen LogP contribution in [0.1, 0.15) is 0 Å². The second-order valence-corrected chi connectivity index (χ2v) is 15.2. The number of aromatic nitrogens is 3. The summed E-state index contributed by atoms with van der Waals surface area (Å²) >= 11 is 0. The summed E-state index contributed by atoms with van der Waals surface area (Å²) in [5, 5.41) is 2.03. The van der Waals surface area contributed by atoms with Gasteiger partial charge in [0, 0.05) is 44.4 Å². The minimum Gasteiger partial charge on any atom is -0.455 e.